The van der Waals surface area contributed by atoms with Crippen LogP contribution in [0.15, 0.2) is 76.6 Å². The Morgan fingerprint density at radius 1 is 1.03 bits per heavy atom. The molecule has 4 rings (SSSR count). The number of amides is 1. The first-order valence-corrected chi connectivity index (χ1v) is 11.0. The number of fused-ring (bicyclic) bond motifs is 1. The molecule has 0 aliphatic rings. The highest BCUT2D eigenvalue weighted by Gasteiger charge is 2.17. The zero-order valence-corrected chi connectivity index (χ0v) is 19.3. The molecule has 2 N–H and O–H groups in total. The Hall–Kier alpha value is -4.53. The minimum absolute atomic E-state index is 0.145. The topological polar surface area (TPSA) is 123 Å². The largest absolute Gasteiger partial charge is 0.461 e. The van der Waals surface area contributed by atoms with Crippen molar-refractivity contribution in [1.29, 1.82) is 0 Å². The van der Waals surface area contributed by atoms with Gasteiger partial charge in [0.05, 0.1) is 16.9 Å². The van der Waals surface area contributed by atoms with Crippen molar-refractivity contribution in [3.63, 3.8) is 0 Å². The predicted molar refractivity (Wildman–Crippen MR) is 130 cm³/mol. The average molecular weight is 473 g/mol. The number of aromatic nitrogens is 3. The van der Waals surface area contributed by atoms with Gasteiger partial charge >= 0.3 is 11.7 Å². The number of esters is 1. The fourth-order valence-corrected chi connectivity index (χ4v) is 3.73. The zero-order chi connectivity index (χ0) is 24.9. The molecule has 1 unspecified atom stereocenters. The van der Waals surface area contributed by atoms with E-state index in [9.17, 15) is 19.2 Å². The van der Waals surface area contributed by atoms with Gasteiger partial charge in [-0.05, 0) is 53.9 Å². The molecular weight excluding hydrogens is 448 g/mol. The standard InChI is InChI=1S/C26H24N4O5/c1-16(20-5-3-19(4-6-20)15-35-17(2)31)30-25(33)22-13-21(7-8-23(22)29-26(30)34)24(32)28-14-18-9-11-27-12-10-18/h3-13,16H,14-15H2,1-2H3,(H,28,32)(H,29,34). The van der Waals surface area contributed by atoms with E-state index in [0.717, 1.165) is 21.3 Å². The molecule has 1 amide bonds. The fraction of sp³-hybridized carbons (Fsp3) is 0.192. The monoisotopic (exact) mass is 472 g/mol. The number of hydrogen-bond donors (Lipinski definition) is 2. The van der Waals surface area contributed by atoms with Crippen molar-refractivity contribution in [2.24, 2.45) is 0 Å². The van der Waals surface area contributed by atoms with Crippen LogP contribution < -0.4 is 16.6 Å². The third kappa shape index (κ3) is 5.35. The minimum Gasteiger partial charge on any atom is -0.461 e. The predicted octanol–water partition coefficient (Wildman–Crippen LogP) is 2.69. The van der Waals surface area contributed by atoms with Crippen molar-refractivity contribution in [2.75, 3.05) is 0 Å². The van der Waals surface area contributed by atoms with Gasteiger partial charge in [0.1, 0.15) is 6.61 Å². The Morgan fingerprint density at radius 3 is 2.43 bits per heavy atom. The van der Waals surface area contributed by atoms with Crippen LogP contribution in [0.1, 0.15) is 46.9 Å². The molecule has 0 bridgehead atoms. The van der Waals surface area contributed by atoms with Gasteiger partial charge in [0.25, 0.3) is 11.5 Å². The van der Waals surface area contributed by atoms with Crippen molar-refractivity contribution >= 4 is 22.8 Å². The van der Waals surface area contributed by atoms with E-state index < -0.39 is 17.3 Å². The molecule has 2 aromatic heterocycles. The highest BCUT2D eigenvalue weighted by Crippen LogP contribution is 2.17. The van der Waals surface area contributed by atoms with Crippen molar-refractivity contribution in [3.8, 4) is 0 Å². The highest BCUT2D eigenvalue weighted by molar-refractivity contribution is 5.97. The SMILES string of the molecule is CC(=O)OCc1ccc(C(C)n2c(=O)[nH]c3ccc(C(=O)NCc4ccncc4)cc3c2=O)cc1. The third-order valence-corrected chi connectivity index (χ3v) is 5.69. The second-order valence-electron chi connectivity index (χ2n) is 8.10. The van der Waals surface area contributed by atoms with Crippen LogP contribution in [0.3, 0.4) is 0 Å². The maximum absolute atomic E-state index is 13.3. The van der Waals surface area contributed by atoms with E-state index in [4.69, 9.17) is 4.74 Å². The Labute approximate surface area is 200 Å². The molecule has 35 heavy (non-hydrogen) atoms. The molecule has 9 nitrogen and oxygen atoms in total. The van der Waals surface area contributed by atoms with E-state index in [2.05, 4.69) is 15.3 Å². The summed E-state index contributed by atoms with van der Waals surface area (Å²) in [6.07, 6.45) is 3.29. The van der Waals surface area contributed by atoms with Crippen LogP contribution in [0.25, 0.3) is 10.9 Å². The number of nitrogens with zero attached hydrogens (tertiary/aromatic N) is 2. The molecule has 0 radical (unpaired) electrons. The summed E-state index contributed by atoms with van der Waals surface area (Å²) >= 11 is 0. The summed E-state index contributed by atoms with van der Waals surface area (Å²) in [5, 5.41) is 3.05. The van der Waals surface area contributed by atoms with Crippen molar-refractivity contribution in [3.05, 3.63) is 110 Å². The third-order valence-electron chi connectivity index (χ3n) is 5.69. The number of pyridine rings is 1. The van der Waals surface area contributed by atoms with Crippen LogP contribution in [0.5, 0.6) is 0 Å². The van der Waals surface area contributed by atoms with Gasteiger partial charge < -0.3 is 15.0 Å². The van der Waals surface area contributed by atoms with Crippen molar-refractivity contribution < 1.29 is 14.3 Å². The number of rotatable bonds is 7. The number of aromatic amines is 1. The average Bonchev–Trinajstić information content (AvgIpc) is 2.86. The number of H-pyrrole nitrogens is 1. The zero-order valence-electron chi connectivity index (χ0n) is 19.3. The molecule has 2 heterocycles. The molecule has 0 saturated heterocycles. The Balaban J connectivity index is 1.61. The van der Waals surface area contributed by atoms with Crippen LogP contribution in [-0.4, -0.2) is 26.4 Å². The Morgan fingerprint density at radius 2 is 1.74 bits per heavy atom. The van der Waals surface area contributed by atoms with E-state index in [1.807, 2.05) is 0 Å². The second-order valence-corrected chi connectivity index (χ2v) is 8.10. The fourth-order valence-electron chi connectivity index (χ4n) is 3.73. The first kappa shape index (κ1) is 23.6. The normalized spacial score (nSPS) is 11.7. The maximum atomic E-state index is 13.3. The molecule has 0 fully saturated rings. The number of hydrogen-bond acceptors (Lipinski definition) is 6. The lowest BCUT2D eigenvalue weighted by Crippen LogP contribution is -2.37. The number of carbonyl (C=O) groups excluding carboxylic acids is 2. The van der Waals surface area contributed by atoms with Crippen molar-refractivity contribution in [2.45, 2.75) is 33.0 Å². The highest BCUT2D eigenvalue weighted by atomic mass is 16.5. The summed E-state index contributed by atoms with van der Waals surface area (Å²) < 4.78 is 6.11. The minimum atomic E-state index is -0.567. The van der Waals surface area contributed by atoms with Gasteiger partial charge in [0.15, 0.2) is 0 Å². The number of ether oxygens (including phenoxy) is 1. The second kappa shape index (κ2) is 10.2. The number of nitrogens with one attached hydrogen (secondary N) is 2. The molecule has 0 spiro atoms. The lowest BCUT2D eigenvalue weighted by atomic mass is 10.1. The Bertz CT molecular complexity index is 1490. The smallest absolute Gasteiger partial charge is 0.329 e. The lowest BCUT2D eigenvalue weighted by molar-refractivity contribution is -0.142. The van der Waals surface area contributed by atoms with E-state index in [1.54, 1.807) is 67.8 Å². The van der Waals surface area contributed by atoms with Gasteiger partial charge in [-0.3, -0.25) is 23.9 Å². The van der Waals surface area contributed by atoms with Crippen LogP contribution in [-0.2, 0) is 22.7 Å². The van der Waals surface area contributed by atoms with Gasteiger partial charge in [-0.2, -0.15) is 0 Å². The van der Waals surface area contributed by atoms with Gasteiger partial charge in [0.2, 0.25) is 0 Å². The molecule has 2 aromatic carbocycles. The van der Waals surface area contributed by atoms with Crippen LogP contribution in [0.2, 0.25) is 0 Å². The quantitative estimate of drug-likeness (QED) is 0.399. The molecular formula is C26H24N4O5. The number of benzene rings is 2. The van der Waals surface area contributed by atoms with E-state index in [0.29, 0.717) is 17.6 Å². The van der Waals surface area contributed by atoms with E-state index in [1.165, 1.54) is 13.0 Å². The summed E-state index contributed by atoms with van der Waals surface area (Å²) in [4.78, 5) is 56.4. The first-order valence-electron chi connectivity index (χ1n) is 11.0. The molecule has 1 atom stereocenters. The van der Waals surface area contributed by atoms with Crippen LogP contribution in [0, 0.1) is 0 Å². The van der Waals surface area contributed by atoms with E-state index >= 15 is 0 Å². The molecule has 4 aromatic rings. The first-order chi connectivity index (χ1) is 16.8. The van der Waals surface area contributed by atoms with Crippen LogP contribution >= 0.6 is 0 Å². The summed E-state index contributed by atoms with van der Waals surface area (Å²) in [6, 6.07) is 14.8. The lowest BCUT2D eigenvalue weighted by Gasteiger charge is -2.16. The molecule has 0 aliphatic heterocycles. The molecule has 0 saturated carbocycles. The van der Waals surface area contributed by atoms with Gasteiger partial charge in [-0.25, -0.2) is 4.79 Å². The number of carbonyl (C=O) groups is 2. The van der Waals surface area contributed by atoms with Gasteiger partial charge in [-0.1, -0.05) is 24.3 Å². The summed E-state index contributed by atoms with van der Waals surface area (Å²) in [5.41, 5.74) is 2.04. The summed E-state index contributed by atoms with van der Waals surface area (Å²) in [5.74, 6) is -0.709. The molecule has 178 valence electrons. The summed E-state index contributed by atoms with van der Waals surface area (Å²) in [6.45, 7) is 3.55. The maximum Gasteiger partial charge on any atom is 0.329 e. The molecule has 0 aliphatic carbocycles. The van der Waals surface area contributed by atoms with E-state index in [-0.39, 0.29) is 23.9 Å². The van der Waals surface area contributed by atoms with Crippen LogP contribution in [0.4, 0.5) is 0 Å². The van der Waals surface area contributed by atoms with Gasteiger partial charge in [0, 0.05) is 31.4 Å². The van der Waals surface area contributed by atoms with Crippen molar-refractivity contribution in [1.82, 2.24) is 19.9 Å². The summed E-state index contributed by atoms with van der Waals surface area (Å²) in [7, 11) is 0. The molecule has 9 heteroatoms. The van der Waals surface area contributed by atoms with Gasteiger partial charge in [-0.15, -0.1) is 0 Å². The Kier molecular flexibility index (Phi) is 6.86.